The Hall–Kier alpha value is -2.21. The monoisotopic (exact) mass is 286 g/mol. The van der Waals surface area contributed by atoms with Gasteiger partial charge in [0.05, 0.1) is 17.8 Å². The van der Waals surface area contributed by atoms with Gasteiger partial charge in [-0.2, -0.15) is 0 Å². The normalized spacial score (nSPS) is 22.4. The quantitative estimate of drug-likeness (QED) is 0.791. The molecule has 1 atom stereocenters. The molecule has 1 fully saturated rings. The number of aryl methyl sites for hydroxylation is 1. The van der Waals surface area contributed by atoms with Crippen LogP contribution in [0.3, 0.4) is 0 Å². The molecule has 2 heterocycles. The van der Waals surface area contributed by atoms with Gasteiger partial charge in [0.15, 0.2) is 5.82 Å². The molecule has 3 N–H and O–H groups in total. The third-order valence-electron chi connectivity index (χ3n) is 3.83. The van der Waals surface area contributed by atoms with Crippen molar-refractivity contribution in [1.82, 2.24) is 20.3 Å². The molecule has 0 aromatic carbocycles. The second kappa shape index (κ2) is 5.65. The fourth-order valence-electron chi connectivity index (χ4n) is 2.63. The molecule has 1 aliphatic carbocycles. The molecule has 0 bridgehead atoms. The van der Waals surface area contributed by atoms with Crippen molar-refractivity contribution in [3.8, 4) is 0 Å². The predicted octanol–water partition coefficient (Wildman–Crippen LogP) is 1.36. The highest BCUT2D eigenvalue weighted by Crippen LogP contribution is 2.37. The minimum atomic E-state index is -0.274. The highest BCUT2D eigenvalue weighted by atomic mass is 16.3. The van der Waals surface area contributed by atoms with Crippen LogP contribution in [0.5, 0.6) is 0 Å². The molecule has 0 spiro atoms. The number of imidazole rings is 1. The second-order valence-corrected chi connectivity index (χ2v) is 5.51. The van der Waals surface area contributed by atoms with Crippen LogP contribution in [-0.2, 0) is 0 Å². The van der Waals surface area contributed by atoms with Crippen LogP contribution in [0.2, 0.25) is 0 Å². The van der Waals surface area contributed by atoms with Gasteiger partial charge >= 0.3 is 0 Å². The molecule has 0 radical (unpaired) electrons. The van der Waals surface area contributed by atoms with Gasteiger partial charge in [-0.1, -0.05) is 6.07 Å². The van der Waals surface area contributed by atoms with Crippen molar-refractivity contribution in [3.05, 3.63) is 47.8 Å². The van der Waals surface area contributed by atoms with E-state index >= 15 is 0 Å². The summed E-state index contributed by atoms with van der Waals surface area (Å²) in [6.07, 6.45) is 4.42. The van der Waals surface area contributed by atoms with E-state index in [0.717, 1.165) is 11.4 Å². The molecule has 6 heteroatoms. The molecule has 1 amide bonds. The number of aromatic nitrogens is 3. The molecule has 21 heavy (non-hydrogen) atoms. The molecule has 1 aliphatic rings. The summed E-state index contributed by atoms with van der Waals surface area (Å²) >= 11 is 0. The van der Waals surface area contributed by atoms with Crippen molar-refractivity contribution in [2.45, 2.75) is 31.9 Å². The topological polar surface area (TPSA) is 90.9 Å². The lowest BCUT2D eigenvalue weighted by Gasteiger charge is -2.37. The van der Waals surface area contributed by atoms with Crippen LogP contribution in [0.4, 0.5) is 0 Å². The van der Waals surface area contributed by atoms with Gasteiger partial charge in [0, 0.05) is 18.1 Å². The van der Waals surface area contributed by atoms with Crippen molar-refractivity contribution < 1.29 is 9.90 Å². The first-order chi connectivity index (χ1) is 10.1. The zero-order valence-electron chi connectivity index (χ0n) is 11.8. The molecule has 0 saturated heterocycles. The number of amides is 1. The number of hydrogen-bond donors (Lipinski definition) is 3. The smallest absolute Gasteiger partial charge is 0.287 e. The van der Waals surface area contributed by atoms with Gasteiger partial charge in [0.1, 0.15) is 0 Å². The van der Waals surface area contributed by atoms with E-state index in [9.17, 15) is 9.90 Å². The maximum atomic E-state index is 12.3. The van der Waals surface area contributed by atoms with Gasteiger partial charge in [0.25, 0.3) is 5.91 Å². The van der Waals surface area contributed by atoms with Crippen molar-refractivity contribution in [2.24, 2.45) is 5.92 Å². The summed E-state index contributed by atoms with van der Waals surface area (Å²) in [5, 5.41) is 12.5. The van der Waals surface area contributed by atoms with Crippen molar-refractivity contribution in [2.75, 3.05) is 0 Å². The fourth-order valence-corrected chi connectivity index (χ4v) is 2.63. The average Bonchev–Trinajstić information content (AvgIpc) is 2.89. The number of carbonyl (C=O) groups is 1. The summed E-state index contributed by atoms with van der Waals surface area (Å²) in [6, 6.07) is 5.43. The maximum absolute atomic E-state index is 12.3. The standard InChI is InChI=1S/C15H18N4O2/c1-9-8-17-14(18-9)15(21)19-13(10-6-11(20)7-10)12-4-2-3-5-16-12/h2-5,8,10-11,13,20H,6-7H2,1H3,(H,17,18)(H,19,21)/t10?,11?,13-/m1/s1. The van der Waals surface area contributed by atoms with Gasteiger partial charge in [0.2, 0.25) is 0 Å². The van der Waals surface area contributed by atoms with Gasteiger partial charge in [-0.3, -0.25) is 9.78 Å². The van der Waals surface area contributed by atoms with E-state index in [1.54, 1.807) is 12.4 Å². The Bertz CT molecular complexity index is 620. The molecule has 2 aromatic heterocycles. The van der Waals surface area contributed by atoms with Gasteiger partial charge in [-0.05, 0) is 37.8 Å². The lowest BCUT2D eigenvalue weighted by atomic mass is 9.76. The van der Waals surface area contributed by atoms with Gasteiger partial charge in [-0.15, -0.1) is 0 Å². The van der Waals surface area contributed by atoms with Crippen LogP contribution in [-0.4, -0.2) is 32.1 Å². The first kappa shape index (κ1) is 13.8. The zero-order chi connectivity index (χ0) is 14.8. The van der Waals surface area contributed by atoms with E-state index < -0.39 is 0 Å². The fraction of sp³-hybridized carbons (Fsp3) is 0.400. The number of hydrogen-bond acceptors (Lipinski definition) is 4. The molecule has 110 valence electrons. The van der Waals surface area contributed by atoms with Crippen LogP contribution in [0.1, 0.15) is 40.9 Å². The minimum Gasteiger partial charge on any atom is -0.393 e. The molecular formula is C15H18N4O2. The third kappa shape index (κ3) is 2.95. The second-order valence-electron chi connectivity index (χ2n) is 5.51. The Labute approximate surface area is 122 Å². The average molecular weight is 286 g/mol. The van der Waals surface area contributed by atoms with Gasteiger partial charge in [-0.25, -0.2) is 4.98 Å². The summed E-state index contributed by atoms with van der Waals surface area (Å²) in [5.74, 6) is 0.253. The highest BCUT2D eigenvalue weighted by molar-refractivity contribution is 5.90. The Kier molecular flexibility index (Phi) is 3.70. The van der Waals surface area contributed by atoms with Crippen molar-refractivity contribution in [3.63, 3.8) is 0 Å². The summed E-state index contributed by atoms with van der Waals surface area (Å²) in [7, 11) is 0. The highest BCUT2D eigenvalue weighted by Gasteiger charge is 2.36. The van der Waals surface area contributed by atoms with Crippen LogP contribution in [0.25, 0.3) is 0 Å². The lowest BCUT2D eigenvalue weighted by Crippen LogP contribution is -2.42. The largest absolute Gasteiger partial charge is 0.393 e. The first-order valence-corrected chi connectivity index (χ1v) is 7.05. The van der Waals surface area contributed by atoms with Crippen molar-refractivity contribution in [1.29, 1.82) is 0 Å². The zero-order valence-corrected chi connectivity index (χ0v) is 11.8. The predicted molar refractivity (Wildman–Crippen MR) is 76.5 cm³/mol. The van der Waals surface area contributed by atoms with E-state index in [4.69, 9.17) is 0 Å². The molecule has 6 nitrogen and oxygen atoms in total. The molecule has 1 saturated carbocycles. The lowest BCUT2D eigenvalue weighted by molar-refractivity contribution is 0.0227. The van der Waals surface area contributed by atoms with Crippen LogP contribution in [0, 0.1) is 12.8 Å². The van der Waals surface area contributed by atoms with Crippen molar-refractivity contribution >= 4 is 5.91 Å². The maximum Gasteiger partial charge on any atom is 0.287 e. The SMILES string of the molecule is Cc1cnc(C(=O)N[C@@H](c2ccccn2)C2CC(O)C2)[nH]1. The van der Waals surface area contributed by atoms with E-state index in [1.165, 1.54) is 0 Å². The van der Waals surface area contributed by atoms with Gasteiger partial charge < -0.3 is 15.4 Å². The molecule has 3 rings (SSSR count). The third-order valence-corrected chi connectivity index (χ3v) is 3.83. The summed E-state index contributed by atoms with van der Waals surface area (Å²) in [5.41, 5.74) is 1.65. The number of H-pyrrole nitrogens is 1. The summed E-state index contributed by atoms with van der Waals surface area (Å²) in [6.45, 7) is 1.85. The summed E-state index contributed by atoms with van der Waals surface area (Å²) in [4.78, 5) is 23.6. The van der Waals surface area contributed by atoms with E-state index in [2.05, 4.69) is 20.3 Å². The molecule has 0 unspecified atom stereocenters. The number of aliphatic hydroxyl groups excluding tert-OH is 1. The number of nitrogens with one attached hydrogen (secondary N) is 2. The first-order valence-electron chi connectivity index (χ1n) is 7.05. The Morgan fingerprint density at radius 3 is 2.81 bits per heavy atom. The Balaban J connectivity index is 1.78. The molecular weight excluding hydrogens is 268 g/mol. The molecule has 2 aromatic rings. The van der Waals surface area contributed by atoms with E-state index in [1.807, 2.05) is 25.1 Å². The number of pyridine rings is 1. The van der Waals surface area contributed by atoms with E-state index in [0.29, 0.717) is 18.7 Å². The number of aliphatic hydroxyl groups is 1. The minimum absolute atomic E-state index is 0.201. The number of aromatic amines is 1. The van der Waals surface area contributed by atoms with E-state index in [-0.39, 0.29) is 24.0 Å². The molecule has 0 aliphatic heterocycles. The van der Waals surface area contributed by atoms with Crippen LogP contribution in [0.15, 0.2) is 30.6 Å². The number of rotatable bonds is 4. The van der Waals surface area contributed by atoms with Crippen LogP contribution >= 0.6 is 0 Å². The Morgan fingerprint density at radius 1 is 1.43 bits per heavy atom. The number of carbonyl (C=O) groups excluding carboxylic acids is 1. The number of nitrogens with zero attached hydrogens (tertiary/aromatic N) is 2. The van der Waals surface area contributed by atoms with Crippen LogP contribution < -0.4 is 5.32 Å². The Morgan fingerprint density at radius 2 is 2.24 bits per heavy atom. The summed E-state index contributed by atoms with van der Waals surface area (Å²) < 4.78 is 0.